The van der Waals surface area contributed by atoms with Gasteiger partial charge in [0, 0.05) is 37.3 Å². The maximum atomic E-state index is 11.2. The molecule has 2 heterocycles. The lowest BCUT2D eigenvalue weighted by molar-refractivity contribution is 0.177. The molecular weight excluding hydrogens is 266 g/mol. The van der Waals surface area contributed by atoms with Crippen molar-refractivity contribution >= 4 is 17.0 Å². The molecule has 1 saturated heterocycles. The summed E-state index contributed by atoms with van der Waals surface area (Å²) < 4.78 is 91.3. The third-order valence-corrected chi connectivity index (χ3v) is 3.19. The van der Waals surface area contributed by atoms with Crippen LogP contribution in [0.3, 0.4) is 0 Å². The fourth-order valence-corrected chi connectivity index (χ4v) is 2.26. The van der Waals surface area contributed by atoms with Crippen LogP contribution in [0.5, 0.6) is 0 Å². The van der Waals surface area contributed by atoms with Gasteiger partial charge in [-0.15, -0.1) is 0 Å². The van der Waals surface area contributed by atoms with Crippen molar-refractivity contribution in [3.05, 3.63) is 35.5 Å². The number of carbonyl (C=O) groups is 1. The van der Waals surface area contributed by atoms with Crippen molar-refractivity contribution < 1.29 is 24.6 Å². The molecular formula is C16H21N3O2. The lowest BCUT2D eigenvalue weighted by Gasteiger charge is -2.09. The molecule has 0 spiro atoms. The second kappa shape index (κ2) is 5.77. The highest BCUT2D eigenvalue weighted by Gasteiger charge is 2.22. The Hall–Kier alpha value is -2.01. The van der Waals surface area contributed by atoms with Crippen LogP contribution in [0.15, 0.2) is 24.4 Å². The first kappa shape index (κ1) is 6.01. The van der Waals surface area contributed by atoms with Gasteiger partial charge in [-0.1, -0.05) is 6.07 Å². The van der Waals surface area contributed by atoms with E-state index >= 15 is 0 Å². The zero-order chi connectivity index (χ0) is 24.3. The van der Waals surface area contributed by atoms with E-state index in [9.17, 15) is 4.79 Å². The Morgan fingerprint density at radius 1 is 1.57 bits per heavy atom. The lowest BCUT2D eigenvalue weighted by atomic mass is 10.0. The molecule has 1 fully saturated rings. The lowest BCUT2D eigenvalue weighted by Crippen LogP contribution is -2.28. The quantitative estimate of drug-likeness (QED) is 0.887. The third-order valence-electron chi connectivity index (χ3n) is 3.19. The summed E-state index contributed by atoms with van der Waals surface area (Å²) in [6.45, 7) is -10.4. The van der Waals surface area contributed by atoms with Crippen molar-refractivity contribution in [3.63, 3.8) is 0 Å². The molecule has 0 aliphatic carbocycles. The number of likely N-dealkylation sites (N-methyl/N-ethyl adjacent to an activating group) is 1. The van der Waals surface area contributed by atoms with Crippen LogP contribution in [0, 0.1) is 0 Å². The van der Waals surface area contributed by atoms with Gasteiger partial charge in [0.25, 0.3) is 0 Å². The number of nitrogens with one attached hydrogen (secondary N) is 2. The van der Waals surface area contributed by atoms with Crippen LogP contribution in [0.25, 0.3) is 10.9 Å². The minimum atomic E-state index is -3.54. The molecule has 112 valence electrons. The maximum absolute atomic E-state index is 11.2. The molecule has 2 N–H and O–H groups in total. The van der Waals surface area contributed by atoms with Crippen LogP contribution >= 0.6 is 0 Å². The predicted octanol–water partition coefficient (Wildman–Crippen LogP) is 1.92. The van der Waals surface area contributed by atoms with Crippen molar-refractivity contribution in [1.29, 1.82) is 0 Å². The maximum Gasteiger partial charge on any atom is 0.407 e. The number of hydrogen-bond donors (Lipinski definition) is 2. The van der Waals surface area contributed by atoms with Crippen LogP contribution in [-0.4, -0.2) is 49.1 Å². The molecule has 2 aromatic rings. The molecule has 1 aliphatic heterocycles. The van der Waals surface area contributed by atoms with Crippen LogP contribution in [0.2, 0.25) is 0 Å². The predicted molar refractivity (Wildman–Crippen MR) is 82.5 cm³/mol. The highest BCUT2D eigenvalue weighted by atomic mass is 16.6. The van der Waals surface area contributed by atoms with E-state index in [2.05, 4.69) is 10.3 Å². The number of fused-ring (bicyclic) bond motifs is 1. The smallest absolute Gasteiger partial charge is 0.407 e. The second-order valence-electron chi connectivity index (χ2n) is 4.72. The van der Waals surface area contributed by atoms with E-state index in [4.69, 9.17) is 19.8 Å². The van der Waals surface area contributed by atoms with Gasteiger partial charge in [0.2, 0.25) is 0 Å². The summed E-state index contributed by atoms with van der Waals surface area (Å²) in [5, 5.41) is 2.70. The molecule has 1 aliphatic rings. The van der Waals surface area contributed by atoms with Gasteiger partial charge in [0.1, 0.15) is 6.61 Å². The molecule has 0 saturated carbocycles. The van der Waals surface area contributed by atoms with Gasteiger partial charge in [-0.25, -0.2) is 4.79 Å². The molecule has 0 unspecified atom stereocenters. The number of hydrogen-bond acceptors (Lipinski definition) is 3. The molecule has 0 bridgehead atoms. The van der Waals surface area contributed by atoms with Crippen LogP contribution in [0.4, 0.5) is 4.79 Å². The standard InChI is InChI=1S/C16H21N3O2/c1-19(2)6-5-12-9-17-15-4-3-11(8-14(12)15)7-13-10-21-16(20)18-13/h3-4,8-9,13,17H,5-7,10H2,1-2H3,(H,18,20)/t13-/m0/s1/i1D3,2D3,5D2,6D2,9D. The number of aryl methyl sites for hydroxylation is 1. The van der Waals surface area contributed by atoms with Crippen molar-refractivity contribution in [2.75, 3.05) is 27.1 Å². The Labute approximate surface area is 139 Å². The van der Waals surface area contributed by atoms with Gasteiger partial charge in [0.05, 0.1) is 7.41 Å². The number of ether oxygens (including phenoxy) is 1. The van der Waals surface area contributed by atoms with Gasteiger partial charge in [-0.05, 0) is 50.0 Å². The highest BCUT2D eigenvalue weighted by molar-refractivity contribution is 5.84. The van der Waals surface area contributed by atoms with E-state index in [1.807, 2.05) is 0 Å². The monoisotopic (exact) mass is 298 g/mol. The summed E-state index contributed by atoms with van der Waals surface area (Å²) in [7, 11) is 0. The fourth-order valence-electron chi connectivity index (χ4n) is 2.26. The molecule has 1 amide bonds. The molecule has 5 heteroatoms. The van der Waals surface area contributed by atoms with Gasteiger partial charge in [-0.3, -0.25) is 0 Å². The largest absolute Gasteiger partial charge is 0.447 e. The first-order valence-electron chi connectivity index (χ1n) is 11.8. The number of alkyl carbamates (subject to hydrolysis) is 1. The summed E-state index contributed by atoms with van der Waals surface area (Å²) in [5.74, 6) is 0. The summed E-state index contributed by atoms with van der Waals surface area (Å²) in [6.07, 6.45) is -3.98. The number of H-pyrrole nitrogens is 1. The number of aromatic nitrogens is 1. The van der Waals surface area contributed by atoms with Gasteiger partial charge in [-0.2, -0.15) is 0 Å². The molecule has 0 radical (unpaired) electrons. The topological polar surface area (TPSA) is 57.4 Å². The number of nitrogens with zero attached hydrogens (tertiary/aromatic N) is 1. The van der Waals surface area contributed by atoms with E-state index in [1.54, 1.807) is 12.1 Å². The van der Waals surface area contributed by atoms with Crippen LogP contribution in [-0.2, 0) is 17.5 Å². The average Bonchev–Trinajstić information content (AvgIpc) is 3.13. The molecule has 1 atom stereocenters. The molecule has 5 nitrogen and oxygen atoms in total. The summed E-state index contributed by atoms with van der Waals surface area (Å²) >= 11 is 0. The van der Waals surface area contributed by atoms with Crippen LogP contribution < -0.4 is 5.32 Å². The van der Waals surface area contributed by atoms with E-state index in [-0.39, 0.29) is 23.6 Å². The van der Waals surface area contributed by atoms with Gasteiger partial charge in [0.15, 0.2) is 0 Å². The van der Waals surface area contributed by atoms with E-state index < -0.39 is 49.6 Å². The zero-order valence-electron chi connectivity index (χ0n) is 22.0. The number of amides is 1. The Morgan fingerprint density at radius 3 is 3.24 bits per heavy atom. The molecule has 3 rings (SSSR count). The fraction of sp³-hybridized carbons (Fsp3) is 0.438. The van der Waals surface area contributed by atoms with Crippen LogP contribution in [0.1, 0.15) is 26.2 Å². The van der Waals surface area contributed by atoms with E-state index in [0.717, 1.165) is 0 Å². The second-order valence-corrected chi connectivity index (χ2v) is 4.72. The first-order chi connectivity index (χ1) is 14.5. The SMILES string of the molecule is [2H]c1[nH]c2ccc(C[C@H]3COC(=O)N3)cc2c1C([2H])([2H])C([2H])([2H])N(C([2H])([2H])[2H])C([2H])([2H])[2H]. The number of aromatic amines is 1. The minimum absolute atomic E-state index is 0.0997. The number of benzene rings is 1. The van der Waals surface area contributed by atoms with Gasteiger partial charge < -0.3 is 19.9 Å². The number of carbonyl (C=O) groups excluding carboxylic acids is 1. The Kier molecular flexibility index (Phi) is 1.65. The van der Waals surface area contributed by atoms with Crippen molar-refractivity contribution in [2.24, 2.45) is 0 Å². The summed E-state index contributed by atoms with van der Waals surface area (Å²) in [4.78, 5) is 13.4. The van der Waals surface area contributed by atoms with E-state index in [0.29, 0.717) is 12.0 Å². The number of rotatable bonds is 5. The minimum Gasteiger partial charge on any atom is -0.447 e. The normalized spacial score (nSPS) is 28.5. The molecule has 21 heavy (non-hydrogen) atoms. The average molecular weight is 298 g/mol. The Balaban J connectivity index is 2.10. The summed E-state index contributed by atoms with van der Waals surface area (Å²) in [6, 6.07) is 4.38. The van der Waals surface area contributed by atoms with Gasteiger partial charge >= 0.3 is 6.09 Å². The Morgan fingerprint density at radius 2 is 2.48 bits per heavy atom. The van der Waals surface area contributed by atoms with Crippen molar-refractivity contribution in [2.45, 2.75) is 18.8 Å². The van der Waals surface area contributed by atoms with E-state index in [1.165, 1.54) is 6.07 Å². The Bertz CT molecular complexity index is 1010. The molecule has 1 aromatic heterocycles. The van der Waals surface area contributed by atoms with Crippen molar-refractivity contribution in [3.8, 4) is 0 Å². The van der Waals surface area contributed by atoms with Crippen molar-refractivity contribution in [1.82, 2.24) is 15.2 Å². The zero-order valence-corrected chi connectivity index (χ0v) is 11.0. The number of cyclic esters (lactones) is 1. The third kappa shape index (κ3) is 3.19. The first-order valence-corrected chi connectivity index (χ1v) is 6.31. The highest BCUT2D eigenvalue weighted by Crippen LogP contribution is 2.21. The summed E-state index contributed by atoms with van der Waals surface area (Å²) in [5.41, 5.74) is 0.396. The molecule has 1 aromatic carbocycles.